The third-order valence-corrected chi connectivity index (χ3v) is 5.49. The summed E-state index contributed by atoms with van der Waals surface area (Å²) in [5.74, 6) is 0.746. The molecule has 5 nitrogen and oxygen atoms in total. The molecule has 0 radical (unpaired) electrons. The molecule has 0 aromatic heterocycles. The van der Waals surface area contributed by atoms with Crippen LogP contribution >= 0.6 is 0 Å². The highest BCUT2D eigenvalue weighted by Crippen LogP contribution is 2.45. The Labute approximate surface area is 152 Å². The average Bonchev–Trinajstić information content (AvgIpc) is 3.19. The van der Waals surface area contributed by atoms with Crippen molar-refractivity contribution in [2.24, 2.45) is 11.8 Å². The summed E-state index contributed by atoms with van der Waals surface area (Å²) in [6.45, 7) is 5.63. The molecule has 4 atom stereocenters. The molecule has 2 aliphatic heterocycles. The summed E-state index contributed by atoms with van der Waals surface area (Å²) in [6, 6.07) is 0. The van der Waals surface area contributed by atoms with Crippen molar-refractivity contribution in [1.29, 1.82) is 0 Å². The number of hydroxylamine groups is 2. The zero-order chi connectivity index (χ0) is 18.1. The zero-order valence-corrected chi connectivity index (χ0v) is 15.9. The van der Waals surface area contributed by atoms with Crippen LogP contribution < -0.4 is 0 Å². The lowest BCUT2D eigenvalue weighted by atomic mass is 9.78. The second kappa shape index (κ2) is 10.9. The van der Waals surface area contributed by atoms with E-state index in [4.69, 9.17) is 9.47 Å². The molecule has 1 N–H and O–H groups in total. The SMILES string of the molecule is CCCCCCOC[C@H]1[C@@H](C/C=C\CCN(O)C(C)=O)[C@H]2CC[C@@H]1O2. The minimum absolute atomic E-state index is 0.314. The third kappa shape index (κ3) is 6.39. The van der Waals surface area contributed by atoms with Crippen LogP contribution in [0.3, 0.4) is 0 Å². The monoisotopic (exact) mass is 353 g/mol. The molecule has 0 aromatic rings. The first-order chi connectivity index (χ1) is 12.1. The lowest BCUT2D eigenvalue weighted by Crippen LogP contribution is -2.30. The van der Waals surface area contributed by atoms with Crippen molar-refractivity contribution >= 4 is 5.91 Å². The topological polar surface area (TPSA) is 59.0 Å². The van der Waals surface area contributed by atoms with E-state index in [0.29, 0.717) is 37.0 Å². The Kier molecular flexibility index (Phi) is 8.93. The summed E-state index contributed by atoms with van der Waals surface area (Å²) >= 11 is 0. The maximum absolute atomic E-state index is 11.0. The highest BCUT2D eigenvalue weighted by Gasteiger charge is 2.48. The van der Waals surface area contributed by atoms with Gasteiger partial charge in [-0.25, -0.2) is 5.06 Å². The minimum atomic E-state index is -0.314. The van der Waals surface area contributed by atoms with E-state index in [1.54, 1.807) is 0 Å². The Morgan fingerprint density at radius 1 is 1.20 bits per heavy atom. The number of nitrogens with zero attached hydrogens (tertiary/aromatic N) is 1. The van der Waals surface area contributed by atoms with E-state index in [1.165, 1.54) is 39.0 Å². The lowest BCUT2D eigenvalue weighted by Gasteiger charge is -2.27. The van der Waals surface area contributed by atoms with Crippen molar-refractivity contribution in [2.45, 2.75) is 77.4 Å². The van der Waals surface area contributed by atoms with Crippen LogP contribution in [0.1, 0.15) is 65.2 Å². The molecule has 2 saturated heterocycles. The van der Waals surface area contributed by atoms with Gasteiger partial charge in [0.05, 0.1) is 25.4 Å². The van der Waals surface area contributed by atoms with Gasteiger partial charge in [-0.2, -0.15) is 0 Å². The number of amides is 1. The molecule has 2 aliphatic rings. The average molecular weight is 354 g/mol. The van der Waals surface area contributed by atoms with Crippen LogP contribution in [0.15, 0.2) is 12.2 Å². The van der Waals surface area contributed by atoms with Gasteiger partial charge in [0, 0.05) is 19.4 Å². The Morgan fingerprint density at radius 3 is 2.68 bits per heavy atom. The first kappa shape index (κ1) is 20.4. The Balaban J connectivity index is 1.67. The van der Waals surface area contributed by atoms with Crippen LogP contribution in [0.4, 0.5) is 0 Å². The molecule has 2 fully saturated rings. The molecule has 2 heterocycles. The molecule has 2 bridgehead atoms. The lowest BCUT2D eigenvalue weighted by molar-refractivity contribution is -0.162. The molecule has 1 amide bonds. The number of hydrogen-bond acceptors (Lipinski definition) is 4. The van der Waals surface area contributed by atoms with Crippen molar-refractivity contribution in [3.8, 4) is 0 Å². The second-order valence-electron chi connectivity index (χ2n) is 7.39. The molecule has 5 heteroatoms. The van der Waals surface area contributed by atoms with Gasteiger partial charge in [0.15, 0.2) is 0 Å². The van der Waals surface area contributed by atoms with Gasteiger partial charge < -0.3 is 9.47 Å². The van der Waals surface area contributed by atoms with Gasteiger partial charge >= 0.3 is 0 Å². The van der Waals surface area contributed by atoms with E-state index < -0.39 is 0 Å². The van der Waals surface area contributed by atoms with Crippen LogP contribution in [-0.2, 0) is 14.3 Å². The van der Waals surface area contributed by atoms with E-state index in [1.807, 2.05) is 0 Å². The predicted molar refractivity (Wildman–Crippen MR) is 97.4 cm³/mol. The first-order valence-electron chi connectivity index (χ1n) is 9.98. The number of rotatable bonds is 12. The highest BCUT2D eigenvalue weighted by molar-refractivity contribution is 5.71. The van der Waals surface area contributed by atoms with Crippen molar-refractivity contribution < 1.29 is 19.5 Å². The summed E-state index contributed by atoms with van der Waals surface area (Å²) in [6.07, 6.45) is 14.0. The van der Waals surface area contributed by atoms with E-state index >= 15 is 0 Å². The highest BCUT2D eigenvalue weighted by atomic mass is 16.5. The fourth-order valence-electron chi connectivity index (χ4n) is 4.00. The Hall–Kier alpha value is -0.910. The van der Waals surface area contributed by atoms with Crippen molar-refractivity contribution in [3.05, 3.63) is 12.2 Å². The van der Waals surface area contributed by atoms with Crippen molar-refractivity contribution in [1.82, 2.24) is 5.06 Å². The van der Waals surface area contributed by atoms with Gasteiger partial charge in [0.1, 0.15) is 0 Å². The largest absolute Gasteiger partial charge is 0.381 e. The second-order valence-corrected chi connectivity index (χ2v) is 7.39. The summed E-state index contributed by atoms with van der Waals surface area (Å²) in [5, 5.41) is 10.1. The van der Waals surface area contributed by atoms with Gasteiger partial charge in [0.25, 0.3) is 0 Å². The molecule has 0 aromatic carbocycles. The zero-order valence-electron chi connectivity index (χ0n) is 15.9. The molecular weight excluding hydrogens is 318 g/mol. The number of fused-ring (bicyclic) bond motifs is 2. The third-order valence-electron chi connectivity index (χ3n) is 5.49. The minimum Gasteiger partial charge on any atom is -0.381 e. The fraction of sp³-hybridized carbons (Fsp3) is 0.850. The van der Waals surface area contributed by atoms with Gasteiger partial charge in [-0.1, -0.05) is 38.3 Å². The number of allylic oxidation sites excluding steroid dienone is 1. The summed E-state index contributed by atoms with van der Waals surface area (Å²) < 4.78 is 12.1. The maximum Gasteiger partial charge on any atom is 0.242 e. The fourth-order valence-corrected chi connectivity index (χ4v) is 4.00. The van der Waals surface area contributed by atoms with Gasteiger partial charge in [0.2, 0.25) is 5.91 Å². The van der Waals surface area contributed by atoms with Crippen molar-refractivity contribution in [3.63, 3.8) is 0 Å². The van der Waals surface area contributed by atoms with Crippen LogP contribution in [-0.4, -0.2) is 48.1 Å². The van der Waals surface area contributed by atoms with Crippen LogP contribution in [0.25, 0.3) is 0 Å². The standard InChI is InChI=1S/C20H35NO4/c1-3-4-5-9-14-24-15-18-17(19-11-12-20(18)25-19)10-7-6-8-13-21(23)16(2)22/h6-7,17-20,23H,3-5,8-15H2,1-2H3/b7-6-/t17-,18+,19-,20+/m1/s1. The molecule has 0 unspecified atom stereocenters. The smallest absolute Gasteiger partial charge is 0.242 e. The number of unbranched alkanes of at least 4 members (excludes halogenated alkanes) is 3. The van der Waals surface area contributed by atoms with Crippen LogP contribution in [0.5, 0.6) is 0 Å². The molecule has 25 heavy (non-hydrogen) atoms. The molecule has 0 saturated carbocycles. The Morgan fingerprint density at radius 2 is 1.96 bits per heavy atom. The molecule has 0 aliphatic carbocycles. The van der Waals surface area contributed by atoms with Gasteiger partial charge in [-0.15, -0.1) is 0 Å². The van der Waals surface area contributed by atoms with Gasteiger partial charge in [-0.3, -0.25) is 10.0 Å². The first-order valence-corrected chi connectivity index (χ1v) is 9.98. The number of ether oxygens (including phenoxy) is 2. The van der Waals surface area contributed by atoms with E-state index in [2.05, 4.69) is 19.1 Å². The molecular formula is C20H35NO4. The number of carbonyl (C=O) groups excluding carboxylic acids is 1. The normalized spacial score (nSPS) is 28.1. The van der Waals surface area contributed by atoms with E-state index in [9.17, 15) is 10.0 Å². The quantitative estimate of drug-likeness (QED) is 0.250. The summed E-state index contributed by atoms with van der Waals surface area (Å²) in [5.41, 5.74) is 0. The summed E-state index contributed by atoms with van der Waals surface area (Å²) in [4.78, 5) is 11.0. The number of carbonyl (C=O) groups is 1. The van der Waals surface area contributed by atoms with Gasteiger partial charge in [-0.05, 0) is 38.0 Å². The number of hydrogen-bond donors (Lipinski definition) is 1. The Bertz CT molecular complexity index is 426. The van der Waals surface area contributed by atoms with E-state index in [-0.39, 0.29) is 5.91 Å². The van der Waals surface area contributed by atoms with Crippen LogP contribution in [0.2, 0.25) is 0 Å². The molecule has 144 valence electrons. The molecule has 2 rings (SSSR count). The van der Waals surface area contributed by atoms with Crippen LogP contribution in [0, 0.1) is 11.8 Å². The predicted octanol–water partition coefficient (Wildman–Crippen LogP) is 3.95. The maximum atomic E-state index is 11.0. The van der Waals surface area contributed by atoms with Crippen molar-refractivity contribution in [2.75, 3.05) is 19.8 Å². The van der Waals surface area contributed by atoms with E-state index in [0.717, 1.165) is 31.1 Å². The molecule has 0 spiro atoms. The summed E-state index contributed by atoms with van der Waals surface area (Å²) in [7, 11) is 0.